The molecule has 1 N–H and O–H groups in total. The van der Waals surface area contributed by atoms with E-state index in [1.165, 1.54) is 6.42 Å². The highest BCUT2D eigenvalue weighted by Gasteiger charge is 2.72. The lowest BCUT2D eigenvalue weighted by atomic mass is 9.34. The molecular weight excluding hydrogens is 436 g/mol. The minimum atomic E-state index is -0.510. The molecule has 4 nitrogen and oxygen atoms in total. The summed E-state index contributed by atoms with van der Waals surface area (Å²) in [6.45, 7) is 18.3. The summed E-state index contributed by atoms with van der Waals surface area (Å²) in [5.74, 6) is 0.811. The molecule has 10 atom stereocenters. The molecule has 1 unspecified atom stereocenters. The Morgan fingerprint density at radius 3 is 2.17 bits per heavy atom. The minimum absolute atomic E-state index is 0.0320. The van der Waals surface area contributed by atoms with Gasteiger partial charge in [0.05, 0.1) is 23.2 Å². The van der Waals surface area contributed by atoms with Crippen molar-refractivity contribution in [3.05, 3.63) is 0 Å². The van der Waals surface area contributed by atoms with Gasteiger partial charge in [-0.2, -0.15) is 0 Å². The van der Waals surface area contributed by atoms with Gasteiger partial charge in [-0.3, -0.25) is 4.79 Å². The van der Waals surface area contributed by atoms with E-state index in [-0.39, 0.29) is 51.2 Å². The van der Waals surface area contributed by atoms with E-state index in [2.05, 4.69) is 55.4 Å². The number of carbonyl (C=O) groups excluding carboxylic acids is 2. The van der Waals surface area contributed by atoms with E-state index in [0.717, 1.165) is 51.2 Å². The van der Waals surface area contributed by atoms with E-state index in [9.17, 15) is 14.7 Å². The maximum Gasteiger partial charge on any atom is 0.148 e. The van der Waals surface area contributed by atoms with Gasteiger partial charge in [-0.15, -0.1) is 0 Å². The molecule has 5 fully saturated rings. The summed E-state index contributed by atoms with van der Waals surface area (Å²) in [6.07, 6.45) is 9.76. The van der Waals surface area contributed by atoms with Gasteiger partial charge >= 0.3 is 0 Å². The second-order valence-corrected chi connectivity index (χ2v) is 15.5. The van der Waals surface area contributed by atoms with Gasteiger partial charge in [0, 0.05) is 5.41 Å². The molecule has 1 aliphatic heterocycles. The third-order valence-electron chi connectivity index (χ3n) is 13.1. The molecule has 0 spiro atoms. The molecule has 5 aliphatic rings. The summed E-state index contributed by atoms with van der Waals surface area (Å²) in [5, 5.41) is 12.0. The van der Waals surface area contributed by atoms with Gasteiger partial charge in [-0.05, 0) is 118 Å². The molecule has 0 radical (unpaired) electrons. The van der Waals surface area contributed by atoms with Gasteiger partial charge in [-0.1, -0.05) is 34.6 Å². The van der Waals surface area contributed by atoms with E-state index in [4.69, 9.17) is 4.74 Å². The van der Waals surface area contributed by atoms with Crippen molar-refractivity contribution in [2.45, 2.75) is 130 Å². The van der Waals surface area contributed by atoms with E-state index >= 15 is 0 Å². The summed E-state index contributed by atoms with van der Waals surface area (Å²) in [7, 11) is 0. The minimum Gasteiger partial charge on any atom is -0.393 e. The molecule has 1 heterocycles. The van der Waals surface area contributed by atoms with Gasteiger partial charge in [0.2, 0.25) is 0 Å². The van der Waals surface area contributed by atoms with E-state index < -0.39 is 11.3 Å². The number of hydrogen-bond donors (Lipinski definition) is 1. The Morgan fingerprint density at radius 2 is 1.54 bits per heavy atom. The Hall–Kier alpha value is -0.740. The van der Waals surface area contributed by atoms with Crippen molar-refractivity contribution in [1.82, 2.24) is 0 Å². The van der Waals surface area contributed by atoms with Crippen LogP contribution in [0, 0.1) is 51.2 Å². The lowest BCUT2D eigenvalue weighted by Gasteiger charge is -2.70. The highest BCUT2D eigenvalue weighted by Crippen LogP contribution is 2.76. The molecule has 0 aromatic rings. The zero-order valence-electron chi connectivity index (χ0n) is 23.6. The van der Waals surface area contributed by atoms with Gasteiger partial charge in [0.1, 0.15) is 12.1 Å². The van der Waals surface area contributed by atoms with E-state index in [1.807, 2.05) is 0 Å². The molecule has 198 valence electrons. The Labute approximate surface area is 213 Å². The van der Waals surface area contributed by atoms with Crippen LogP contribution in [0.4, 0.5) is 0 Å². The summed E-state index contributed by atoms with van der Waals surface area (Å²) in [6, 6.07) is 0. The van der Waals surface area contributed by atoms with Crippen molar-refractivity contribution in [2.24, 2.45) is 51.2 Å². The molecule has 0 aromatic carbocycles. The largest absolute Gasteiger partial charge is 0.393 e. The molecule has 4 saturated carbocycles. The smallest absolute Gasteiger partial charge is 0.148 e. The first kappa shape index (κ1) is 25.9. The molecule has 5 rings (SSSR count). The molecular formula is C31H50O4. The summed E-state index contributed by atoms with van der Waals surface area (Å²) in [4.78, 5) is 25.3. The maximum absolute atomic E-state index is 13.2. The molecule has 1 saturated heterocycles. The third-order valence-corrected chi connectivity index (χ3v) is 13.1. The Bertz CT molecular complexity index is 908. The van der Waals surface area contributed by atoms with Gasteiger partial charge in [-0.25, -0.2) is 0 Å². The van der Waals surface area contributed by atoms with Crippen molar-refractivity contribution in [3.63, 3.8) is 0 Å². The number of aliphatic hydroxyl groups excluding tert-OH is 1. The van der Waals surface area contributed by atoms with Gasteiger partial charge in [0.15, 0.2) is 0 Å². The van der Waals surface area contributed by atoms with Crippen LogP contribution in [0.2, 0.25) is 0 Å². The first-order chi connectivity index (χ1) is 16.1. The standard InChI is InChI=1S/C31H50O4/c1-26(2)12-9-13-31(8,35-26)20-10-14-30(7)24(20)21(33)16-23-28(5)17-19(18-32)25(34)27(3,4)22(28)11-15-29(23,30)6/h18-24,33H,9-17H2,1-8H3/t19?,20-,21+,22-,23+,24-,28-,29+,30+,31+/m0/s1. The average molecular weight is 487 g/mol. The summed E-state index contributed by atoms with van der Waals surface area (Å²) >= 11 is 0. The second-order valence-electron chi connectivity index (χ2n) is 15.5. The van der Waals surface area contributed by atoms with Crippen LogP contribution in [-0.4, -0.2) is 34.5 Å². The number of aliphatic hydroxyl groups is 1. The van der Waals surface area contributed by atoms with Crippen molar-refractivity contribution >= 4 is 12.1 Å². The second kappa shape index (κ2) is 7.65. The number of aldehydes is 1. The SMILES string of the molecule is CC1(C)CCC[C@](C)([C@H]2CC[C@]3(C)[C@@H]2[C@H](O)C[C@@H]2[C@@]4(C)CC(C=O)C(=O)C(C)(C)[C@@H]4CC[C@]23C)O1. The van der Waals surface area contributed by atoms with Crippen molar-refractivity contribution in [3.8, 4) is 0 Å². The summed E-state index contributed by atoms with van der Waals surface area (Å²) < 4.78 is 6.84. The maximum atomic E-state index is 13.2. The van der Waals surface area contributed by atoms with Gasteiger partial charge in [0.25, 0.3) is 0 Å². The third kappa shape index (κ3) is 3.30. The average Bonchev–Trinajstić information content (AvgIpc) is 3.13. The monoisotopic (exact) mass is 486 g/mol. The number of Topliss-reactive ketones (excluding diaryl/α,β-unsaturated/α-hetero) is 1. The van der Waals surface area contributed by atoms with Crippen LogP contribution in [0.15, 0.2) is 0 Å². The number of carbonyl (C=O) groups is 2. The van der Waals surface area contributed by atoms with E-state index in [1.54, 1.807) is 0 Å². The van der Waals surface area contributed by atoms with Crippen LogP contribution < -0.4 is 0 Å². The predicted octanol–water partition coefficient (Wildman–Crippen LogP) is 6.37. The van der Waals surface area contributed by atoms with Crippen molar-refractivity contribution < 1.29 is 19.4 Å². The highest BCUT2D eigenvalue weighted by atomic mass is 16.5. The number of ether oxygens (including phenoxy) is 1. The fourth-order valence-corrected chi connectivity index (χ4v) is 11.5. The van der Waals surface area contributed by atoms with Crippen LogP contribution >= 0.6 is 0 Å². The van der Waals surface area contributed by atoms with E-state index in [0.29, 0.717) is 18.3 Å². The number of rotatable bonds is 2. The predicted molar refractivity (Wildman–Crippen MR) is 138 cm³/mol. The normalized spacial score (nSPS) is 54.9. The van der Waals surface area contributed by atoms with Gasteiger partial charge < -0.3 is 14.6 Å². The zero-order valence-corrected chi connectivity index (χ0v) is 23.6. The molecule has 0 bridgehead atoms. The highest BCUT2D eigenvalue weighted by molar-refractivity contribution is 5.97. The van der Waals surface area contributed by atoms with Crippen LogP contribution in [0.3, 0.4) is 0 Å². The van der Waals surface area contributed by atoms with Crippen LogP contribution in [0.1, 0.15) is 113 Å². The zero-order chi connectivity index (χ0) is 25.8. The lowest BCUT2D eigenvalue weighted by molar-refractivity contribution is -0.249. The fourth-order valence-electron chi connectivity index (χ4n) is 11.5. The number of fused-ring (bicyclic) bond motifs is 5. The van der Waals surface area contributed by atoms with Crippen LogP contribution in [0.25, 0.3) is 0 Å². The Kier molecular flexibility index (Phi) is 5.66. The fraction of sp³-hybridized carbons (Fsp3) is 0.935. The number of ketones is 1. The molecule has 4 aliphatic carbocycles. The van der Waals surface area contributed by atoms with Crippen LogP contribution in [-0.2, 0) is 14.3 Å². The molecule has 0 aromatic heterocycles. The lowest BCUT2D eigenvalue weighted by Crippen LogP contribution is -2.67. The Morgan fingerprint density at radius 1 is 0.886 bits per heavy atom. The topological polar surface area (TPSA) is 63.6 Å². The Balaban J connectivity index is 1.54. The summed E-state index contributed by atoms with van der Waals surface area (Å²) in [5.41, 5.74) is -0.775. The molecule has 4 heteroatoms. The number of hydrogen-bond acceptors (Lipinski definition) is 4. The molecule has 35 heavy (non-hydrogen) atoms. The first-order valence-electron chi connectivity index (χ1n) is 14.4. The van der Waals surface area contributed by atoms with Crippen molar-refractivity contribution in [1.29, 1.82) is 0 Å². The first-order valence-corrected chi connectivity index (χ1v) is 14.4. The molecule has 0 amide bonds. The van der Waals surface area contributed by atoms with Crippen LogP contribution in [0.5, 0.6) is 0 Å². The quantitative estimate of drug-likeness (QED) is 0.364. The van der Waals surface area contributed by atoms with Crippen molar-refractivity contribution in [2.75, 3.05) is 0 Å².